The maximum atomic E-state index is 13.5. The Kier molecular flexibility index (Phi) is 17.5. The van der Waals surface area contributed by atoms with Gasteiger partial charge < -0.3 is 50.3 Å². The lowest BCUT2D eigenvalue weighted by Gasteiger charge is -2.33. The standard InChI is InChI=1S/C31H50N8O12S/c1-15-27(45)36(7)11-24(42)37(8)17(3)30(48)50-12-22(35-20(6)41)26(44)33-16(2)28(46)39(10)23(14-52)29(47)38(9)18(4)31(49)51-13-21(25(43)32-15)34-19(5)40/h15-18,21-23,52H,11-14H2,1-10H3,(H,32,43)(H,33,44)(H,34,40)(H,35,41)/t15-,16-,17-,18-,21+,22+,23-/m0/s1. The molecule has 21 heteroatoms. The number of rotatable bonds is 3. The molecule has 292 valence electrons. The SMILES string of the molecule is CC(=O)N[C@@H]1COC(=O)[C@H](C)N(C)C(=O)[C@H](CS)N(C)C(=O)[C@H](C)NC(=O)[C@H](NC(C)=O)COC(=O)[C@H](C)N(C)C(=O)CN(C)C(=O)[C@H](C)NC1=O. The summed E-state index contributed by atoms with van der Waals surface area (Å²) in [6, 6.07) is -9.14. The molecule has 1 aliphatic rings. The summed E-state index contributed by atoms with van der Waals surface area (Å²) in [5, 5.41) is 9.47. The van der Waals surface area contributed by atoms with E-state index in [1.54, 1.807) is 0 Å². The maximum absolute atomic E-state index is 13.5. The number of nitrogens with zero attached hydrogens (tertiary/aromatic N) is 4. The summed E-state index contributed by atoms with van der Waals surface area (Å²) in [6.07, 6.45) is 0. The molecular formula is C31H50N8O12S. The van der Waals surface area contributed by atoms with Gasteiger partial charge in [-0.3, -0.25) is 38.4 Å². The van der Waals surface area contributed by atoms with Crippen LogP contribution >= 0.6 is 12.6 Å². The molecule has 0 unspecified atom stereocenters. The van der Waals surface area contributed by atoms with Gasteiger partial charge in [-0.15, -0.1) is 0 Å². The van der Waals surface area contributed by atoms with Crippen LogP contribution in [-0.4, -0.2) is 175 Å². The van der Waals surface area contributed by atoms with Crippen LogP contribution in [0.25, 0.3) is 0 Å². The quantitative estimate of drug-likeness (QED) is 0.137. The van der Waals surface area contributed by atoms with Crippen LogP contribution in [0.4, 0.5) is 0 Å². The first-order valence-corrected chi connectivity index (χ1v) is 16.8. The first kappa shape index (κ1) is 45.1. The second-order valence-electron chi connectivity index (χ2n) is 12.4. The van der Waals surface area contributed by atoms with Crippen LogP contribution in [-0.2, 0) is 57.4 Å². The van der Waals surface area contributed by atoms with Gasteiger partial charge in [-0.25, -0.2) is 9.59 Å². The topological polar surface area (TPSA) is 250 Å². The van der Waals surface area contributed by atoms with Gasteiger partial charge in [0.05, 0.1) is 6.54 Å². The fourth-order valence-electron chi connectivity index (χ4n) is 4.69. The highest BCUT2D eigenvalue weighted by Crippen LogP contribution is 2.11. The monoisotopic (exact) mass is 758 g/mol. The molecule has 20 nitrogen and oxygen atoms in total. The third-order valence-corrected chi connectivity index (χ3v) is 8.58. The van der Waals surface area contributed by atoms with E-state index in [4.69, 9.17) is 9.47 Å². The van der Waals surface area contributed by atoms with Gasteiger partial charge in [-0.2, -0.15) is 12.6 Å². The lowest BCUT2D eigenvalue weighted by atomic mass is 10.1. The second-order valence-corrected chi connectivity index (χ2v) is 12.7. The van der Waals surface area contributed by atoms with Gasteiger partial charge in [0.2, 0.25) is 47.3 Å². The van der Waals surface area contributed by atoms with Crippen molar-refractivity contribution in [2.24, 2.45) is 0 Å². The van der Waals surface area contributed by atoms with E-state index in [-0.39, 0.29) is 5.75 Å². The largest absolute Gasteiger partial charge is 0.461 e. The summed E-state index contributed by atoms with van der Waals surface area (Å²) in [6.45, 7) is 5.63. The van der Waals surface area contributed by atoms with E-state index in [2.05, 4.69) is 33.9 Å². The minimum atomic E-state index is -1.46. The zero-order chi connectivity index (χ0) is 40.2. The molecule has 0 aliphatic carbocycles. The highest BCUT2D eigenvalue weighted by Gasteiger charge is 2.36. The summed E-state index contributed by atoms with van der Waals surface area (Å²) in [5.74, 6) is -8.17. The molecule has 8 amide bonds. The van der Waals surface area contributed by atoms with Crippen LogP contribution in [0.3, 0.4) is 0 Å². The molecule has 0 aromatic heterocycles. The summed E-state index contributed by atoms with van der Waals surface area (Å²) >= 11 is 4.20. The minimum absolute atomic E-state index is 0.204. The van der Waals surface area contributed by atoms with Gasteiger partial charge in [0.25, 0.3) is 0 Å². The molecule has 4 N–H and O–H groups in total. The molecule has 1 aliphatic heterocycles. The van der Waals surface area contributed by atoms with Crippen LogP contribution in [0.5, 0.6) is 0 Å². The van der Waals surface area contributed by atoms with Crippen molar-refractivity contribution < 1.29 is 57.4 Å². The number of hydrogen-bond acceptors (Lipinski definition) is 13. The molecule has 52 heavy (non-hydrogen) atoms. The van der Waals surface area contributed by atoms with Crippen LogP contribution in [0.2, 0.25) is 0 Å². The molecule has 1 saturated heterocycles. The van der Waals surface area contributed by atoms with Crippen LogP contribution in [0.1, 0.15) is 41.5 Å². The number of carbonyl (C=O) groups is 10. The van der Waals surface area contributed by atoms with Crippen molar-refractivity contribution in [3.63, 3.8) is 0 Å². The third-order valence-electron chi connectivity index (χ3n) is 8.24. The molecule has 0 saturated carbocycles. The Morgan fingerprint density at radius 1 is 0.673 bits per heavy atom. The normalized spacial score (nSPS) is 27.7. The molecule has 0 aromatic rings. The Balaban J connectivity index is 3.50. The van der Waals surface area contributed by atoms with E-state index in [1.807, 2.05) is 0 Å². The van der Waals surface area contributed by atoms with Crippen LogP contribution < -0.4 is 21.3 Å². The van der Waals surface area contributed by atoms with Crippen LogP contribution in [0, 0.1) is 0 Å². The molecule has 1 rings (SSSR count). The van der Waals surface area contributed by atoms with Gasteiger partial charge in [-0.1, -0.05) is 0 Å². The average molecular weight is 759 g/mol. The Morgan fingerprint density at radius 2 is 1.08 bits per heavy atom. The Labute approximate surface area is 307 Å². The number of ether oxygens (including phenoxy) is 2. The molecule has 0 spiro atoms. The molecule has 1 fully saturated rings. The smallest absolute Gasteiger partial charge is 0.328 e. The fraction of sp³-hybridized carbons (Fsp3) is 0.677. The molecule has 7 atom stereocenters. The van der Waals surface area contributed by atoms with Crippen LogP contribution in [0.15, 0.2) is 0 Å². The molecule has 1 heterocycles. The summed E-state index contributed by atoms with van der Waals surface area (Å²) in [7, 11) is 5.10. The number of amides is 8. The Bertz CT molecular complexity index is 1410. The van der Waals surface area contributed by atoms with Gasteiger partial charge in [0, 0.05) is 47.8 Å². The molecule has 0 aromatic carbocycles. The number of hydrogen-bond donors (Lipinski definition) is 5. The molecule has 0 radical (unpaired) electrons. The van der Waals surface area contributed by atoms with E-state index in [9.17, 15) is 47.9 Å². The first-order chi connectivity index (χ1) is 24.0. The summed E-state index contributed by atoms with van der Waals surface area (Å²) < 4.78 is 10.5. The van der Waals surface area contributed by atoms with Gasteiger partial charge in [-0.05, 0) is 27.7 Å². The lowest BCUT2D eigenvalue weighted by Crippen LogP contribution is -2.58. The Morgan fingerprint density at radius 3 is 1.48 bits per heavy atom. The number of likely N-dealkylation sites (N-methyl/N-ethyl adjacent to an activating group) is 4. The Hall–Kier alpha value is -4.95. The number of esters is 2. The van der Waals surface area contributed by atoms with Gasteiger partial charge >= 0.3 is 11.9 Å². The molecular weight excluding hydrogens is 708 g/mol. The van der Waals surface area contributed by atoms with E-state index in [0.29, 0.717) is 0 Å². The first-order valence-electron chi connectivity index (χ1n) is 16.2. The van der Waals surface area contributed by atoms with Crippen molar-refractivity contribution in [1.29, 1.82) is 0 Å². The zero-order valence-corrected chi connectivity index (χ0v) is 31.9. The number of nitrogens with one attached hydrogen (secondary N) is 4. The maximum Gasteiger partial charge on any atom is 0.328 e. The minimum Gasteiger partial charge on any atom is -0.461 e. The van der Waals surface area contributed by atoms with E-state index in [1.165, 1.54) is 55.9 Å². The third kappa shape index (κ3) is 12.7. The van der Waals surface area contributed by atoms with Crippen molar-refractivity contribution in [2.75, 3.05) is 53.7 Å². The lowest BCUT2D eigenvalue weighted by molar-refractivity contribution is -0.157. The highest BCUT2D eigenvalue weighted by molar-refractivity contribution is 7.80. The van der Waals surface area contributed by atoms with E-state index < -0.39 is 121 Å². The number of thiol groups is 1. The van der Waals surface area contributed by atoms with Gasteiger partial charge in [0.1, 0.15) is 55.5 Å². The molecule has 0 bridgehead atoms. The summed E-state index contributed by atoms with van der Waals surface area (Å²) in [4.78, 5) is 133. The fourth-order valence-corrected chi connectivity index (χ4v) is 5.09. The van der Waals surface area contributed by atoms with E-state index in [0.717, 1.165) is 33.4 Å². The van der Waals surface area contributed by atoms with Crippen molar-refractivity contribution in [1.82, 2.24) is 40.9 Å². The summed E-state index contributed by atoms with van der Waals surface area (Å²) in [5.41, 5.74) is 0. The predicted molar refractivity (Wildman–Crippen MR) is 185 cm³/mol. The van der Waals surface area contributed by atoms with Crippen molar-refractivity contribution in [3.8, 4) is 0 Å². The van der Waals surface area contributed by atoms with Crippen molar-refractivity contribution in [3.05, 3.63) is 0 Å². The average Bonchev–Trinajstić information content (AvgIpc) is 3.08. The zero-order valence-electron chi connectivity index (χ0n) is 31.0. The second kappa shape index (κ2) is 20.2. The van der Waals surface area contributed by atoms with Crippen molar-refractivity contribution >= 4 is 71.8 Å². The highest BCUT2D eigenvalue weighted by atomic mass is 32.1. The number of carbonyl (C=O) groups excluding carboxylic acids is 10. The van der Waals surface area contributed by atoms with Crippen molar-refractivity contribution in [2.45, 2.75) is 83.8 Å². The van der Waals surface area contributed by atoms with Gasteiger partial charge in [0.15, 0.2) is 0 Å². The van der Waals surface area contributed by atoms with E-state index >= 15 is 0 Å². The predicted octanol–water partition coefficient (Wildman–Crippen LogP) is -3.99. The number of cyclic esters (lactones) is 2.